The Hall–Kier alpha value is -0.670. The van der Waals surface area contributed by atoms with Crippen LogP contribution in [0.4, 0.5) is 0 Å². The molecule has 0 saturated heterocycles. The van der Waals surface area contributed by atoms with Gasteiger partial charge in [0, 0.05) is 5.92 Å². The summed E-state index contributed by atoms with van der Waals surface area (Å²) in [6.45, 7) is 9.07. The molecule has 1 nitrogen and oxygen atoms in total. The lowest BCUT2D eigenvalue weighted by Crippen LogP contribution is -2.16. The van der Waals surface area contributed by atoms with Crippen molar-refractivity contribution in [1.29, 1.82) is 0 Å². The molecule has 1 aromatic rings. The summed E-state index contributed by atoms with van der Waals surface area (Å²) in [5.74, 6) is 2.60. The van der Waals surface area contributed by atoms with Crippen molar-refractivity contribution in [2.24, 2.45) is 16.2 Å². The molecule has 1 aliphatic rings. The summed E-state index contributed by atoms with van der Waals surface area (Å²) >= 11 is 3.86. The number of hydrogen-bond donors (Lipinski definition) is 0. The van der Waals surface area contributed by atoms with Gasteiger partial charge in [-0.15, -0.1) is 11.8 Å². The third-order valence-corrected chi connectivity index (χ3v) is 7.06. The zero-order valence-electron chi connectivity index (χ0n) is 14.8. The molecule has 0 fully saturated rings. The first-order chi connectivity index (χ1) is 11.1. The number of allylic oxidation sites excluding steroid dienone is 2. The molecule has 23 heavy (non-hydrogen) atoms. The number of benzene rings is 1. The molecule has 0 aromatic heterocycles. The molecule has 126 valence electrons. The molecule has 2 rings (SSSR count). The van der Waals surface area contributed by atoms with Gasteiger partial charge in [0.25, 0.3) is 0 Å². The van der Waals surface area contributed by atoms with Gasteiger partial charge in [0.15, 0.2) is 0 Å². The van der Waals surface area contributed by atoms with Gasteiger partial charge in [-0.3, -0.25) is 0 Å². The summed E-state index contributed by atoms with van der Waals surface area (Å²) < 4.78 is 5.32. The predicted molar refractivity (Wildman–Crippen MR) is 108 cm³/mol. The fraction of sp³-hybridized carbons (Fsp3) is 0.550. The van der Waals surface area contributed by atoms with Crippen molar-refractivity contribution in [1.82, 2.24) is 0 Å². The Balaban J connectivity index is 1.71. The second kappa shape index (κ2) is 9.58. The molecule has 3 unspecified atom stereocenters. The number of hydrogen-bond acceptors (Lipinski definition) is 3. The minimum atomic E-state index is 0.536. The van der Waals surface area contributed by atoms with Gasteiger partial charge in [0.1, 0.15) is 0 Å². The van der Waals surface area contributed by atoms with Gasteiger partial charge in [0.05, 0.1) is 10.3 Å². The second-order valence-corrected chi connectivity index (χ2v) is 9.18. The lowest BCUT2D eigenvalue weighted by Gasteiger charge is -2.16. The SMILES string of the molecule is CC(C)=CCCC(C)CCSC1SN=C(c2ccccc2)C1C. The van der Waals surface area contributed by atoms with Crippen molar-refractivity contribution < 1.29 is 0 Å². The van der Waals surface area contributed by atoms with Gasteiger partial charge >= 0.3 is 0 Å². The maximum Gasteiger partial charge on any atom is 0.0802 e. The van der Waals surface area contributed by atoms with Gasteiger partial charge < -0.3 is 0 Å². The zero-order valence-corrected chi connectivity index (χ0v) is 16.4. The highest BCUT2D eigenvalue weighted by atomic mass is 32.2. The summed E-state index contributed by atoms with van der Waals surface area (Å²) in [6, 6.07) is 10.6. The molecule has 0 saturated carbocycles. The van der Waals surface area contributed by atoms with E-state index in [0.717, 1.165) is 5.92 Å². The predicted octanol–water partition coefficient (Wildman–Crippen LogP) is 6.61. The Kier molecular flexibility index (Phi) is 7.78. The molecule has 3 atom stereocenters. The number of thioether (sulfide) groups is 1. The smallest absolute Gasteiger partial charge is 0.0802 e. The van der Waals surface area contributed by atoms with Gasteiger partial charge in [-0.25, -0.2) is 4.40 Å². The van der Waals surface area contributed by atoms with E-state index < -0.39 is 0 Å². The molecule has 3 heteroatoms. The maximum absolute atomic E-state index is 4.74. The van der Waals surface area contributed by atoms with Crippen molar-refractivity contribution in [2.45, 2.75) is 51.5 Å². The minimum Gasteiger partial charge on any atom is -0.219 e. The Labute approximate surface area is 150 Å². The normalized spacial score (nSPS) is 21.8. The molecule has 1 aliphatic heterocycles. The molecular weight excluding hydrogens is 318 g/mol. The summed E-state index contributed by atoms with van der Waals surface area (Å²) in [7, 11) is 0. The Bertz CT molecular complexity index is 532. The van der Waals surface area contributed by atoms with E-state index >= 15 is 0 Å². The van der Waals surface area contributed by atoms with Crippen molar-refractivity contribution in [3.63, 3.8) is 0 Å². The lowest BCUT2D eigenvalue weighted by atomic mass is 10.0. The van der Waals surface area contributed by atoms with Crippen LogP contribution in [0.2, 0.25) is 0 Å². The van der Waals surface area contributed by atoms with E-state index in [1.807, 2.05) is 0 Å². The van der Waals surface area contributed by atoms with Crippen molar-refractivity contribution >= 4 is 29.4 Å². The van der Waals surface area contributed by atoms with Crippen LogP contribution >= 0.6 is 23.7 Å². The summed E-state index contributed by atoms with van der Waals surface area (Å²) in [5, 5.41) is 0. The second-order valence-electron chi connectivity index (χ2n) is 6.73. The standard InChI is InChI=1S/C20H29NS2/c1-15(2)9-8-10-16(3)13-14-22-20-17(4)19(21-23-20)18-11-6-5-7-12-18/h5-7,9,11-12,16-17,20H,8,10,13-14H2,1-4H3. The fourth-order valence-electron chi connectivity index (χ4n) is 2.70. The van der Waals surface area contributed by atoms with Crippen LogP contribution in [0.5, 0.6) is 0 Å². The van der Waals surface area contributed by atoms with E-state index in [4.69, 9.17) is 4.40 Å². The van der Waals surface area contributed by atoms with Crippen molar-refractivity contribution in [3.8, 4) is 0 Å². The molecule has 0 bridgehead atoms. The minimum absolute atomic E-state index is 0.536. The largest absolute Gasteiger partial charge is 0.219 e. The van der Waals surface area contributed by atoms with E-state index in [1.165, 1.54) is 41.9 Å². The van der Waals surface area contributed by atoms with Gasteiger partial charge in [-0.2, -0.15) is 0 Å². The molecule has 1 heterocycles. The molecule has 0 N–H and O–H groups in total. The maximum atomic E-state index is 4.74. The molecular formula is C20H29NS2. The zero-order chi connectivity index (χ0) is 16.7. The van der Waals surface area contributed by atoms with E-state index in [0.29, 0.717) is 10.5 Å². The Morgan fingerprint density at radius 3 is 2.70 bits per heavy atom. The third-order valence-electron chi connectivity index (χ3n) is 4.27. The van der Waals surface area contributed by atoms with E-state index in [-0.39, 0.29) is 0 Å². The van der Waals surface area contributed by atoms with E-state index in [1.54, 1.807) is 11.9 Å². The van der Waals surface area contributed by atoms with Crippen LogP contribution in [-0.2, 0) is 0 Å². The average molecular weight is 348 g/mol. The van der Waals surface area contributed by atoms with Gasteiger partial charge in [0.2, 0.25) is 0 Å². The topological polar surface area (TPSA) is 12.4 Å². The van der Waals surface area contributed by atoms with Crippen LogP contribution in [0.25, 0.3) is 0 Å². The Morgan fingerprint density at radius 2 is 2.00 bits per heavy atom. The van der Waals surface area contributed by atoms with Gasteiger partial charge in [-0.1, -0.05) is 55.8 Å². The fourth-order valence-corrected chi connectivity index (χ4v) is 5.35. The number of rotatable bonds is 8. The summed E-state index contributed by atoms with van der Waals surface area (Å²) in [4.78, 5) is 0. The first kappa shape index (κ1) is 18.7. The highest BCUT2D eigenvalue weighted by molar-refractivity contribution is 8.16. The van der Waals surface area contributed by atoms with E-state index in [2.05, 4.69) is 75.9 Å². The van der Waals surface area contributed by atoms with Crippen LogP contribution in [0, 0.1) is 11.8 Å². The van der Waals surface area contributed by atoms with Crippen molar-refractivity contribution in [2.75, 3.05) is 5.75 Å². The monoisotopic (exact) mass is 347 g/mol. The lowest BCUT2D eigenvalue weighted by molar-refractivity contribution is 0.525. The highest BCUT2D eigenvalue weighted by Crippen LogP contribution is 2.40. The van der Waals surface area contributed by atoms with Crippen LogP contribution in [0.15, 0.2) is 46.4 Å². The van der Waals surface area contributed by atoms with Crippen LogP contribution < -0.4 is 0 Å². The van der Waals surface area contributed by atoms with Crippen LogP contribution in [0.3, 0.4) is 0 Å². The average Bonchev–Trinajstić information content (AvgIpc) is 2.89. The molecule has 1 aromatic carbocycles. The first-order valence-corrected chi connectivity index (χ1v) is 10.5. The van der Waals surface area contributed by atoms with Crippen molar-refractivity contribution in [3.05, 3.63) is 47.5 Å². The number of nitrogens with zero attached hydrogens (tertiary/aromatic N) is 1. The van der Waals surface area contributed by atoms with Crippen LogP contribution in [0.1, 0.15) is 52.5 Å². The van der Waals surface area contributed by atoms with Crippen LogP contribution in [-0.4, -0.2) is 16.0 Å². The molecule has 0 radical (unpaired) electrons. The molecule has 0 aliphatic carbocycles. The quantitative estimate of drug-likeness (QED) is 0.388. The van der Waals surface area contributed by atoms with E-state index in [9.17, 15) is 0 Å². The molecule has 0 spiro atoms. The molecule has 0 amide bonds. The van der Waals surface area contributed by atoms with Gasteiger partial charge in [-0.05, 0) is 62.3 Å². The Morgan fingerprint density at radius 1 is 1.26 bits per heavy atom. The third kappa shape index (κ3) is 6.04. The highest BCUT2D eigenvalue weighted by Gasteiger charge is 2.29. The first-order valence-electron chi connectivity index (χ1n) is 8.62. The summed E-state index contributed by atoms with van der Waals surface area (Å²) in [6.07, 6.45) is 6.21. The summed E-state index contributed by atoms with van der Waals surface area (Å²) in [5.41, 5.74) is 3.99.